The van der Waals surface area contributed by atoms with Crippen LogP contribution in [0.25, 0.3) is 0 Å². The summed E-state index contributed by atoms with van der Waals surface area (Å²) >= 11 is 0. The summed E-state index contributed by atoms with van der Waals surface area (Å²) in [7, 11) is -3.49. The maximum absolute atomic E-state index is 13.4. The highest BCUT2D eigenvalue weighted by Crippen LogP contribution is 2.32. The average molecular weight is 492 g/mol. The van der Waals surface area contributed by atoms with Crippen molar-refractivity contribution in [2.45, 2.75) is 63.0 Å². The largest absolute Gasteiger partial charge is 0.369 e. The number of hydrogen-bond acceptors (Lipinski definition) is 3. The molecule has 0 N–H and O–H groups in total. The predicted octanol–water partition coefficient (Wildman–Crippen LogP) is 6.76. The van der Waals surface area contributed by atoms with Crippen molar-refractivity contribution in [3.63, 3.8) is 0 Å². The fourth-order valence-corrected chi connectivity index (χ4v) is 6.87. The number of benzene rings is 3. The normalized spacial score (nSPS) is 18.0. The SMILES string of the molecule is Cc1ccc(S(=O)(=O)N2CCCC[C@H]2[C@@H](C)CCCOC(c2ccccc2)c2ccccc2)cc1. The topological polar surface area (TPSA) is 46.6 Å². The number of hydrogen-bond donors (Lipinski definition) is 0. The molecule has 186 valence electrons. The number of aryl methyl sites for hydroxylation is 1. The molecule has 3 aromatic rings. The first-order valence-electron chi connectivity index (χ1n) is 12.8. The molecule has 5 heteroatoms. The first-order valence-corrected chi connectivity index (χ1v) is 14.2. The van der Waals surface area contributed by atoms with Crippen molar-refractivity contribution < 1.29 is 13.2 Å². The minimum atomic E-state index is -3.49. The highest BCUT2D eigenvalue weighted by atomic mass is 32.2. The molecule has 1 saturated heterocycles. The zero-order valence-corrected chi connectivity index (χ0v) is 21.7. The molecule has 3 aromatic carbocycles. The standard InChI is InChI=1S/C30H37NO3S/c1-24-18-20-28(21-19-24)35(32,33)31-22-10-9-17-29(31)25(2)12-11-23-34-30(26-13-5-3-6-14-26)27-15-7-4-8-16-27/h3-8,13-16,18-21,25,29-30H,9-12,17,22-23H2,1-2H3/t25-,29-/m0/s1. The molecule has 1 aliphatic rings. The lowest BCUT2D eigenvalue weighted by Gasteiger charge is -2.38. The van der Waals surface area contributed by atoms with Crippen LogP contribution in [0.1, 0.15) is 61.8 Å². The van der Waals surface area contributed by atoms with E-state index in [4.69, 9.17) is 4.74 Å². The lowest BCUT2D eigenvalue weighted by molar-refractivity contribution is 0.0716. The van der Waals surface area contributed by atoms with Gasteiger partial charge in [0.15, 0.2) is 0 Å². The Morgan fingerprint density at radius 3 is 2.09 bits per heavy atom. The summed E-state index contributed by atoms with van der Waals surface area (Å²) in [5.74, 6) is 0.269. The molecule has 0 aromatic heterocycles. The van der Waals surface area contributed by atoms with Gasteiger partial charge in [-0.25, -0.2) is 8.42 Å². The van der Waals surface area contributed by atoms with Crippen LogP contribution in [-0.2, 0) is 14.8 Å². The second-order valence-corrected chi connectivity index (χ2v) is 11.6. The molecule has 0 aliphatic carbocycles. The van der Waals surface area contributed by atoms with E-state index in [-0.39, 0.29) is 18.1 Å². The van der Waals surface area contributed by atoms with Gasteiger partial charge >= 0.3 is 0 Å². The second-order valence-electron chi connectivity index (χ2n) is 9.68. The fraction of sp³-hybridized carbons (Fsp3) is 0.400. The molecule has 0 saturated carbocycles. The van der Waals surface area contributed by atoms with Crippen LogP contribution in [0.2, 0.25) is 0 Å². The minimum absolute atomic E-state index is 0.0362. The molecule has 35 heavy (non-hydrogen) atoms. The van der Waals surface area contributed by atoms with Crippen molar-refractivity contribution in [3.8, 4) is 0 Å². The van der Waals surface area contributed by atoms with Crippen LogP contribution in [0.4, 0.5) is 0 Å². The van der Waals surface area contributed by atoms with Gasteiger partial charge in [0, 0.05) is 19.2 Å². The number of nitrogens with zero attached hydrogens (tertiary/aromatic N) is 1. The quantitative estimate of drug-likeness (QED) is 0.294. The van der Waals surface area contributed by atoms with Crippen LogP contribution in [0, 0.1) is 12.8 Å². The summed E-state index contributed by atoms with van der Waals surface area (Å²) in [6.07, 6.45) is 4.65. The second kappa shape index (κ2) is 12.0. The molecule has 4 rings (SSSR count). The van der Waals surface area contributed by atoms with E-state index in [0.717, 1.165) is 48.8 Å². The molecule has 1 heterocycles. The van der Waals surface area contributed by atoms with Gasteiger partial charge in [-0.15, -0.1) is 0 Å². The lowest BCUT2D eigenvalue weighted by Crippen LogP contribution is -2.46. The average Bonchev–Trinajstić information content (AvgIpc) is 2.90. The van der Waals surface area contributed by atoms with E-state index in [2.05, 4.69) is 31.2 Å². The summed E-state index contributed by atoms with van der Waals surface area (Å²) in [5.41, 5.74) is 3.36. The molecule has 4 nitrogen and oxygen atoms in total. The zero-order chi connectivity index (χ0) is 24.7. The molecule has 1 aliphatic heterocycles. The Balaban J connectivity index is 1.38. The Morgan fingerprint density at radius 1 is 0.886 bits per heavy atom. The van der Waals surface area contributed by atoms with Crippen LogP contribution in [0.15, 0.2) is 89.8 Å². The molecule has 1 fully saturated rings. The third-order valence-electron chi connectivity index (χ3n) is 7.08. The van der Waals surface area contributed by atoms with E-state index in [9.17, 15) is 8.42 Å². The number of piperidine rings is 1. The zero-order valence-electron chi connectivity index (χ0n) is 20.8. The number of rotatable bonds is 10. The first kappa shape index (κ1) is 25.6. The third kappa shape index (κ3) is 6.40. The van der Waals surface area contributed by atoms with Crippen molar-refractivity contribution in [3.05, 3.63) is 102 Å². The maximum atomic E-state index is 13.4. The molecule has 0 spiro atoms. The molecule has 0 bridgehead atoms. The van der Waals surface area contributed by atoms with E-state index >= 15 is 0 Å². The van der Waals surface area contributed by atoms with Gasteiger partial charge in [0.25, 0.3) is 0 Å². The van der Waals surface area contributed by atoms with Crippen molar-refractivity contribution in [2.24, 2.45) is 5.92 Å². The monoisotopic (exact) mass is 491 g/mol. The Kier molecular flexibility index (Phi) is 8.77. The third-order valence-corrected chi connectivity index (χ3v) is 9.01. The van der Waals surface area contributed by atoms with Crippen LogP contribution in [0.3, 0.4) is 0 Å². The van der Waals surface area contributed by atoms with Crippen molar-refractivity contribution in [1.82, 2.24) is 4.31 Å². The Hall–Kier alpha value is -2.47. The first-order chi connectivity index (χ1) is 17.0. The van der Waals surface area contributed by atoms with E-state index in [0.29, 0.717) is 18.0 Å². The molecule has 0 unspecified atom stereocenters. The van der Waals surface area contributed by atoms with Crippen molar-refractivity contribution in [1.29, 1.82) is 0 Å². The van der Waals surface area contributed by atoms with Gasteiger partial charge in [-0.2, -0.15) is 4.31 Å². The van der Waals surface area contributed by atoms with Crippen LogP contribution in [0.5, 0.6) is 0 Å². The smallest absolute Gasteiger partial charge is 0.243 e. The Morgan fingerprint density at radius 2 is 1.49 bits per heavy atom. The number of sulfonamides is 1. The van der Waals surface area contributed by atoms with Crippen molar-refractivity contribution in [2.75, 3.05) is 13.2 Å². The summed E-state index contributed by atoms with van der Waals surface area (Å²) < 4.78 is 35.1. The van der Waals surface area contributed by atoms with Crippen LogP contribution in [-0.4, -0.2) is 31.9 Å². The summed E-state index contributed by atoms with van der Waals surface area (Å²) in [6.45, 7) is 5.41. The van der Waals surface area contributed by atoms with Gasteiger partial charge < -0.3 is 4.74 Å². The van der Waals surface area contributed by atoms with E-state index in [1.165, 1.54) is 0 Å². The minimum Gasteiger partial charge on any atom is -0.369 e. The van der Waals surface area contributed by atoms with Crippen LogP contribution < -0.4 is 0 Å². The van der Waals surface area contributed by atoms with Gasteiger partial charge in [-0.1, -0.05) is 91.7 Å². The molecule has 2 atom stereocenters. The van der Waals surface area contributed by atoms with E-state index < -0.39 is 10.0 Å². The molecule has 0 amide bonds. The number of ether oxygens (including phenoxy) is 1. The highest BCUT2D eigenvalue weighted by Gasteiger charge is 2.36. The predicted molar refractivity (Wildman–Crippen MR) is 142 cm³/mol. The molecular weight excluding hydrogens is 454 g/mol. The van der Waals surface area contributed by atoms with Gasteiger partial charge in [0.1, 0.15) is 6.10 Å². The van der Waals surface area contributed by atoms with Gasteiger partial charge in [-0.05, 0) is 61.8 Å². The lowest BCUT2D eigenvalue weighted by atomic mass is 9.90. The summed E-state index contributed by atoms with van der Waals surface area (Å²) in [6, 6.07) is 27.9. The maximum Gasteiger partial charge on any atom is 0.243 e. The Bertz CT molecular complexity index is 1110. The van der Waals surface area contributed by atoms with E-state index in [1.807, 2.05) is 55.5 Å². The summed E-state index contributed by atoms with van der Waals surface area (Å²) in [4.78, 5) is 0.402. The Labute approximate surface area is 211 Å². The van der Waals surface area contributed by atoms with Gasteiger partial charge in [-0.3, -0.25) is 0 Å². The highest BCUT2D eigenvalue weighted by molar-refractivity contribution is 7.89. The van der Waals surface area contributed by atoms with E-state index in [1.54, 1.807) is 16.4 Å². The summed E-state index contributed by atoms with van der Waals surface area (Å²) in [5, 5.41) is 0. The molecule has 0 radical (unpaired) electrons. The molecular formula is C30H37NO3S. The van der Waals surface area contributed by atoms with Gasteiger partial charge in [0.05, 0.1) is 4.90 Å². The van der Waals surface area contributed by atoms with Gasteiger partial charge in [0.2, 0.25) is 10.0 Å². The van der Waals surface area contributed by atoms with Crippen LogP contribution >= 0.6 is 0 Å². The van der Waals surface area contributed by atoms with Crippen molar-refractivity contribution >= 4 is 10.0 Å². The fourth-order valence-electron chi connectivity index (χ4n) is 5.08.